The van der Waals surface area contributed by atoms with Gasteiger partial charge in [0.05, 0.1) is 18.6 Å². The van der Waals surface area contributed by atoms with Crippen LogP contribution in [-0.4, -0.2) is 28.3 Å². The molecule has 0 aromatic carbocycles. The van der Waals surface area contributed by atoms with Crippen LogP contribution in [0.5, 0.6) is 0 Å². The van der Waals surface area contributed by atoms with Gasteiger partial charge in [0, 0.05) is 19.3 Å². The van der Waals surface area contributed by atoms with Gasteiger partial charge in [-0.05, 0) is 7.05 Å². The predicted molar refractivity (Wildman–Crippen MR) is 42.1 cm³/mol. The molecule has 0 spiro atoms. The van der Waals surface area contributed by atoms with Crippen molar-refractivity contribution in [2.45, 2.75) is 13.1 Å². The van der Waals surface area contributed by atoms with Gasteiger partial charge in [0.15, 0.2) is 0 Å². The van der Waals surface area contributed by atoms with Gasteiger partial charge in [-0.2, -0.15) is 0 Å². The molecular weight excluding hydrogens is 142 g/mol. The maximum atomic E-state index is 8.59. The smallest absolute Gasteiger partial charge is 0.0950 e. The van der Waals surface area contributed by atoms with Crippen molar-refractivity contribution < 1.29 is 5.11 Å². The van der Waals surface area contributed by atoms with Crippen LogP contribution in [0.15, 0.2) is 12.5 Å². The molecule has 0 bridgehead atoms. The molecule has 4 nitrogen and oxygen atoms in total. The quantitative estimate of drug-likeness (QED) is 0.621. The number of nitrogens with zero attached hydrogens (tertiary/aromatic N) is 2. The Balaban J connectivity index is 2.51. The number of aromatic nitrogens is 2. The summed E-state index contributed by atoms with van der Waals surface area (Å²) >= 11 is 0. The maximum Gasteiger partial charge on any atom is 0.0950 e. The van der Waals surface area contributed by atoms with Gasteiger partial charge in [0.2, 0.25) is 0 Å². The first-order valence-corrected chi connectivity index (χ1v) is 3.63. The van der Waals surface area contributed by atoms with E-state index in [4.69, 9.17) is 5.11 Å². The molecule has 1 rings (SSSR count). The van der Waals surface area contributed by atoms with E-state index in [1.54, 1.807) is 6.33 Å². The fourth-order valence-electron chi connectivity index (χ4n) is 0.917. The maximum absolute atomic E-state index is 8.59. The Morgan fingerprint density at radius 1 is 1.73 bits per heavy atom. The summed E-state index contributed by atoms with van der Waals surface area (Å²) in [5.74, 6) is 0. The molecule has 0 saturated carbocycles. The zero-order chi connectivity index (χ0) is 8.10. The van der Waals surface area contributed by atoms with Gasteiger partial charge in [-0.15, -0.1) is 0 Å². The van der Waals surface area contributed by atoms with Crippen LogP contribution in [0.25, 0.3) is 0 Å². The Hall–Kier alpha value is -0.870. The Labute approximate surface area is 65.9 Å². The molecule has 0 fully saturated rings. The fraction of sp³-hybridized carbons (Fsp3) is 0.571. The molecule has 1 aromatic rings. The number of aliphatic hydroxyl groups is 1. The molecule has 0 saturated heterocycles. The zero-order valence-electron chi connectivity index (χ0n) is 6.62. The summed E-state index contributed by atoms with van der Waals surface area (Å²) in [7, 11) is 1.88. The topological polar surface area (TPSA) is 50.1 Å². The zero-order valence-corrected chi connectivity index (χ0v) is 6.62. The molecule has 1 aromatic heterocycles. The lowest BCUT2D eigenvalue weighted by Gasteiger charge is -1.95. The first-order valence-electron chi connectivity index (χ1n) is 3.63. The summed E-state index contributed by atoms with van der Waals surface area (Å²) in [6, 6.07) is 0. The lowest BCUT2D eigenvalue weighted by Crippen LogP contribution is -2.05. The van der Waals surface area contributed by atoms with Crippen LogP contribution in [0.3, 0.4) is 0 Å². The standard InChI is InChI=1S/C7H13N3O/c1-8-4-7-5-10(2-3-11)6-9-7/h5-6,8,11H,2-4H2,1H3. The molecule has 62 valence electrons. The van der Waals surface area contributed by atoms with Crippen LogP contribution in [0.4, 0.5) is 0 Å². The van der Waals surface area contributed by atoms with Crippen molar-refractivity contribution in [3.63, 3.8) is 0 Å². The molecule has 0 aliphatic heterocycles. The number of hydrogen-bond donors (Lipinski definition) is 2. The summed E-state index contributed by atoms with van der Waals surface area (Å²) in [4.78, 5) is 4.11. The largest absolute Gasteiger partial charge is 0.395 e. The average molecular weight is 155 g/mol. The summed E-state index contributed by atoms with van der Waals surface area (Å²) in [5.41, 5.74) is 1.00. The minimum Gasteiger partial charge on any atom is -0.395 e. The lowest BCUT2D eigenvalue weighted by atomic mass is 10.5. The number of rotatable bonds is 4. The van der Waals surface area contributed by atoms with E-state index in [0.717, 1.165) is 12.2 Å². The van der Waals surface area contributed by atoms with Crippen molar-refractivity contribution in [1.82, 2.24) is 14.9 Å². The highest BCUT2D eigenvalue weighted by Gasteiger charge is 1.95. The first-order chi connectivity index (χ1) is 5.36. The van der Waals surface area contributed by atoms with Crippen molar-refractivity contribution in [1.29, 1.82) is 0 Å². The van der Waals surface area contributed by atoms with Crippen LogP contribution < -0.4 is 5.32 Å². The first kappa shape index (κ1) is 8.23. The van der Waals surface area contributed by atoms with Gasteiger partial charge < -0.3 is 15.0 Å². The molecule has 0 aliphatic carbocycles. The molecule has 4 heteroatoms. The normalized spacial score (nSPS) is 10.4. The number of imidazole rings is 1. The van der Waals surface area contributed by atoms with Crippen molar-refractivity contribution in [2.75, 3.05) is 13.7 Å². The fourth-order valence-corrected chi connectivity index (χ4v) is 0.917. The van der Waals surface area contributed by atoms with Gasteiger partial charge in [0.25, 0.3) is 0 Å². The van der Waals surface area contributed by atoms with Gasteiger partial charge in [-0.3, -0.25) is 0 Å². The molecule has 0 radical (unpaired) electrons. The van der Waals surface area contributed by atoms with Gasteiger partial charge in [0.1, 0.15) is 0 Å². The Bertz CT molecular complexity index is 189. The third-order valence-corrected chi connectivity index (χ3v) is 1.40. The predicted octanol–water partition coefficient (Wildman–Crippen LogP) is -0.405. The Kier molecular flexibility index (Phi) is 3.07. The second-order valence-electron chi connectivity index (χ2n) is 2.36. The highest BCUT2D eigenvalue weighted by molar-refractivity contribution is 4.95. The van der Waals surface area contributed by atoms with E-state index in [0.29, 0.717) is 6.54 Å². The minimum atomic E-state index is 0.162. The van der Waals surface area contributed by atoms with Crippen molar-refractivity contribution in [3.05, 3.63) is 18.2 Å². The van der Waals surface area contributed by atoms with Crippen LogP contribution in [0.2, 0.25) is 0 Å². The second kappa shape index (κ2) is 4.10. The third kappa shape index (κ3) is 2.32. The van der Waals surface area contributed by atoms with E-state index in [2.05, 4.69) is 10.3 Å². The molecular formula is C7H13N3O. The SMILES string of the molecule is CNCc1cn(CCO)cn1. The van der Waals surface area contributed by atoms with Crippen LogP contribution in [0.1, 0.15) is 5.69 Å². The summed E-state index contributed by atoms with van der Waals surface area (Å²) in [5, 5.41) is 11.6. The monoisotopic (exact) mass is 155 g/mol. The van der Waals surface area contributed by atoms with E-state index >= 15 is 0 Å². The van der Waals surface area contributed by atoms with Crippen molar-refractivity contribution >= 4 is 0 Å². The Morgan fingerprint density at radius 3 is 3.18 bits per heavy atom. The summed E-state index contributed by atoms with van der Waals surface area (Å²) in [6.07, 6.45) is 3.65. The van der Waals surface area contributed by atoms with Crippen molar-refractivity contribution in [2.24, 2.45) is 0 Å². The van der Waals surface area contributed by atoms with E-state index in [1.165, 1.54) is 0 Å². The van der Waals surface area contributed by atoms with E-state index in [9.17, 15) is 0 Å². The van der Waals surface area contributed by atoms with Crippen molar-refractivity contribution in [3.8, 4) is 0 Å². The van der Waals surface area contributed by atoms with Gasteiger partial charge >= 0.3 is 0 Å². The molecule has 0 amide bonds. The van der Waals surface area contributed by atoms with Gasteiger partial charge in [-0.1, -0.05) is 0 Å². The molecule has 0 aliphatic rings. The highest BCUT2D eigenvalue weighted by Crippen LogP contribution is 1.94. The third-order valence-electron chi connectivity index (χ3n) is 1.40. The van der Waals surface area contributed by atoms with Gasteiger partial charge in [-0.25, -0.2) is 4.98 Å². The number of nitrogens with one attached hydrogen (secondary N) is 1. The second-order valence-corrected chi connectivity index (χ2v) is 2.36. The molecule has 2 N–H and O–H groups in total. The number of aliphatic hydroxyl groups excluding tert-OH is 1. The molecule has 0 atom stereocenters. The van der Waals surface area contributed by atoms with E-state index in [-0.39, 0.29) is 6.61 Å². The van der Waals surface area contributed by atoms with E-state index in [1.807, 2.05) is 17.8 Å². The summed E-state index contributed by atoms with van der Waals surface area (Å²) in [6.45, 7) is 1.56. The number of hydrogen-bond acceptors (Lipinski definition) is 3. The highest BCUT2D eigenvalue weighted by atomic mass is 16.3. The molecule has 0 unspecified atom stereocenters. The van der Waals surface area contributed by atoms with E-state index < -0.39 is 0 Å². The molecule has 11 heavy (non-hydrogen) atoms. The van der Waals surface area contributed by atoms with Crippen LogP contribution in [-0.2, 0) is 13.1 Å². The minimum absolute atomic E-state index is 0.162. The average Bonchev–Trinajstić information content (AvgIpc) is 2.38. The van der Waals surface area contributed by atoms with Crippen LogP contribution in [0, 0.1) is 0 Å². The Morgan fingerprint density at radius 2 is 2.55 bits per heavy atom. The lowest BCUT2D eigenvalue weighted by molar-refractivity contribution is 0.276. The summed E-state index contributed by atoms with van der Waals surface area (Å²) < 4.78 is 1.87. The molecule has 1 heterocycles. The van der Waals surface area contributed by atoms with Crippen LogP contribution >= 0.6 is 0 Å².